The molecule has 28 heavy (non-hydrogen) atoms. The Hall–Kier alpha value is -2.32. The van der Waals surface area contributed by atoms with Crippen LogP contribution in [-0.2, 0) is 0 Å². The van der Waals surface area contributed by atoms with E-state index in [1.807, 2.05) is 29.2 Å². The van der Waals surface area contributed by atoms with Gasteiger partial charge in [0.05, 0.1) is 17.6 Å². The second-order valence-corrected chi connectivity index (χ2v) is 8.50. The molecule has 0 aliphatic carbocycles. The smallest absolute Gasteiger partial charge is 0.270 e. The number of nitrogens with one attached hydrogen (secondary N) is 2. The summed E-state index contributed by atoms with van der Waals surface area (Å²) in [6, 6.07) is 9.59. The molecular formula is C20H19BrN4O2S. The minimum absolute atomic E-state index is 0.0330. The molecule has 4 rings (SSSR count). The third-order valence-corrected chi connectivity index (χ3v) is 6.09. The number of halogens is 1. The predicted octanol–water partition coefficient (Wildman–Crippen LogP) is 4.38. The van der Waals surface area contributed by atoms with Crippen LogP contribution in [0.25, 0.3) is 11.3 Å². The van der Waals surface area contributed by atoms with Crippen molar-refractivity contribution in [1.82, 2.24) is 19.9 Å². The summed E-state index contributed by atoms with van der Waals surface area (Å²) in [5.74, 6) is 0.181. The molecule has 0 saturated carbocycles. The number of benzene rings is 1. The highest BCUT2D eigenvalue weighted by molar-refractivity contribution is 9.10. The van der Waals surface area contributed by atoms with Gasteiger partial charge < -0.3 is 14.9 Å². The van der Waals surface area contributed by atoms with E-state index in [9.17, 15) is 9.59 Å². The van der Waals surface area contributed by atoms with Crippen LogP contribution >= 0.6 is 27.7 Å². The van der Waals surface area contributed by atoms with Gasteiger partial charge in [-0.3, -0.25) is 9.59 Å². The number of Topliss-reactive ketones (excluding diaryl/α,β-unsaturated/α-hetero) is 1. The summed E-state index contributed by atoms with van der Waals surface area (Å²) in [5, 5.41) is 0.690. The zero-order valence-corrected chi connectivity index (χ0v) is 17.5. The molecule has 2 N–H and O–H groups in total. The lowest BCUT2D eigenvalue weighted by Crippen LogP contribution is -2.27. The number of thioether (sulfide) groups is 1. The molecule has 1 aliphatic heterocycles. The number of imidazole rings is 1. The number of likely N-dealkylation sites (tertiary alicyclic amines) is 1. The van der Waals surface area contributed by atoms with Gasteiger partial charge in [-0.25, -0.2) is 4.98 Å². The van der Waals surface area contributed by atoms with E-state index in [4.69, 9.17) is 0 Å². The zero-order valence-electron chi connectivity index (χ0n) is 15.1. The van der Waals surface area contributed by atoms with Crippen LogP contribution in [0.4, 0.5) is 0 Å². The summed E-state index contributed by atoms with van der Waals surface area (Å²) >= 11 is 4.77. The van der Waals surface area contributed by atoms with Crippen LogP contribution in [0, 0.1) is 0 Å². The number of carbonyl (C=O) groups is 2. The number of H-pyrrole nitrogens is 2. The predicted molar refractivity (Wildman–Crippen MR) is 113 cm³/mol. The Balaban J connectivity index is 1.36. The standard InChI is InChI=1S/C20H19BrN4O2S/c21-15-5-3-13(4-6-15)17-11-23-20(24-17)28-12-18(26)14-9-16(22-10-14)19(27)25-7-1-2-8-25/h3-6,9-11,22H,1-2,7-8,12H2,(H,23,24). The maximum Gasteiger partial charge on any atom is 0.270 e. The molecule has 3 aromatic rings. The van der Waals surface area contributed by atoms with E-state index in [-0.39, 0.29) is 17.4 Å². The van der Waals surface area contributed by atoms with E-state index in [0.29, 0.717) is 16.4 Å². The van der Waals surface area contributed by atoms with Crippen molar-refractivity contribution >= 4 is 39.4 Å². The molecule has 0 unspecified atom stereocenters. The lowest BCUT2D eigenvalue weighted by Gasteiger charge is -2.13. The average Bonchev–Trinajstić information content (AvgIpc) is 3.48. The fraction of sp³-hybridized carbons (Fsp3) is 0.250. The minimum Gasteiger partial charge on any atom is -0.356 e. The summed E-state index contributed by atoms with van der Waals surface area (Å²) in [5.41, 5.74) is 2.94. The van der Waals surface area contributed by atoms with Crippen LogP contribution < -0.4 is 0 Å². The quantitative estimate of drug-likeness (QED) is 0.424. The first kappa shape index (κ1) is 19.0. The van der Waals surface area contributed by atoms with Crippen LogP contribution in [0.5, 0.6) is 0 Å². The van der Waals surface area contributed by atoms with Crippen LogP contribution in [0.1, 0.15) is 33.7 Å². The van der Waals surface area contributed by atoms with Gasteiger partial charge in [0.15, 0.2) is 10.9 Å². The monoisotopic (exact) mass is 458 g/mol. The number of rotatable bonds is 6. The van der Waals surface area contributed by atoms with Gasteiger partial charge in [0.2, 0.25) is 0 Å². The van der Waals surface area contributed by atoms with Crippen LogP contribution in [0.15, 0.2) is 52.4 Å². The molecular weight excluding hydrogens is 440 g/mol. The van der Waals surface area contributed by atoms with Gasteiger partial charge in [0.1, 0.15) is 5.69 Å². The maximum atomic E-state index is 12.5. The molecule has 8 heteroatoms. The van der Waals surface area contributed by atoms with E-state index in [0.717, 1.165) is 41.7 Å². The Labute approximate surface area is 175 Å². The number of amides is 1. The van der Waals surface area contributed by atoms with Gasteiger partial charge in [-0.2, -0.15) is 0 Å². The molecule has 0 radical (unpaired) electrons. The Morgan fingerprint density at radius 1 is 1.18 bits per heavy atom. The lowest BCUT2D eigenvalue weighted by atomic mass is 10.2. The number of hydrogen-bond acceptors (Lipinski definition) is 4. The zero-order chi connectivity index (χ0) is 19.5. The highest BCUT2D eigenvalue weighted by Crippen LogP contribution is 2.24. The van der Waals surface area contributed by atoms with Crippen molar-refractivity contribution < 1.29 is 9.59 Å². The third-order valence-electron chi connectivity index (χ3n) is 4.68. The lowest BCUT2D eigenvalue weighted by molar-refractivity contribution is 0.0787. The van der Waals surface area contributed by atoms with E-state index < -0.39 is 0 Å². The Morgan fingerprint density at radius 2 is 1.93 bits per heavy atom. The molecule has 1 saturated heterocycles. The van der Waals surface area contributed by atoms with Crippen LogP contribution in [0.3, 0.4) is 0 Å². The summed E-state index contributed by atoms with van der Waals surface area (Å²) < 4.78 is 1.02. The van der Waals surface area contributed by atoms with Gasteiger partial charge in [0.25, 0.3) is 5.91 Å². The van der Waals surface area contributed by atoms with Crippen LogP contribution in [-0.4, -0.2) is 50.4 Å². The molecule has 2 aromatic heterocycles. The van der Waals surface area contributed by atoms with E-state index in [1.165, 1.54) is 11.8 Å². The van der Waals surface area contributed by atoms with Crippen LogP contribution in [0.2, 0.25) is 0 Å². The summed E-state index contributed by atoms with van der Waals surface area (Å²) in [6.07, 6.45) is 5.46. The highest BCUT2D eigenvalue weighted by Gasteiger charge is 2.21. The van der Waals surface area contributed by atoms with Crippen molar-refractivity contribution in [2.45, 2.75) is 18.0 Å². The molecule has 1 amide bonds. The van der Waals surface area contributed by atoms with Gasteiger partial charge >= 0.3 is 0 Å². The fourth-order valence-corrected chi connectivity index (χ4v) is 4.15. The maximum absolute atomic E-state index is 12.5. The van der Waals surface area contributed by atoms with Crippen molar-refractivity contribution in [2.75, 3.05) is 18.8 Å². The number of ketones is 1. The second kappa shape index (κ2) is 8.36. The molecule has 144 valence electrons. The van der Waals surface area contributed by atoms with Gasteiger partial charge in [-0.15, -0.1) is 0 Å². The summed E-state index contributed by atoms with van der Waals surface area (Å²) in [6.45, 7) is 1.58. The fourth-order valence-electron chi connectivity index (χ4n) is 3.14. The van der Waals surface area contributed by atoms with E-state index in [1.54, 1.807) is 18.5 Å². The number of hydrogen-bond donors (Lipinski definition) is 2. The number of carbonyl (C=O) groups excluding carboxylic acids is 2. The molecule has 0 spiro atoms. The SMILES string of the molecule is O=C(CSc1ncc(-c2ccc(Br)cc2)[nH]1)c1c[nH]c(C(=O)N2CCCC2)c1. The van der Waals surface area contributed by atoms with Crippen molar-refractivity contribution in [2.24, 2.45) is 0 Å². The van der Waals surface area contributed by atoms with Gasteiger partial charge in [0, 0.05) is 29.3 Å². The van der Waals surface area contributed by atoms with E-state index in [2.05, 4.69) is 30.9 Å². The van der Waals surface area contributed by atoms with Gasteiger partial charge in [-0.05, 0) is 36.6 Å². The number of nitrogens with zero attached hydrogens (tertiary/aromatic N) is 2. The first-order valence-electron chi connectivity index (χ1n) is 9.05. The Morgan fingerprint density at radius 3 is 2.68 bits per heavy atom. The molecule has 0 bridgehead atoms. The second-order valence-electron chi connectivity index (χ2n) is 6.62. The first-order chi connectivity index (χ1) is 13.6. The summed E-state index contributed by atoms with van der Waals surface area (Å²) in [7, 11) is 0. The van der Waals surface area contributed by atoms with Gasteiger partial charge in [-0.1, -0.05) is 39.8 Å². The number of aromatic nitrogens is 3. The molecule has 1 aliphatic rings. The molecule has 0 atom stereocenters. The largest absolute Gasteiger partial charge is 0.356 e. The Kier molecular flexibility index (Phi) is 5.68. The normalized spacial score (nSPS) is 13.8. The van der Waals surface area contributed by atoms with Crippen molar-refractivity contribution in [1.29, 1.82) is 0 Å². The third kappa shape index (κ3) is 4.23. The summed E-state index contributed by atoms with van der Waals surface area (Å²) in [4.78, 5) is 37.2. The van der Waals surface area contributed by atoms with Crippen molar-refractivity contribution in [3.05, 3.63) is 58.5 Å². The number of aromatic amines is 2. The Bertz CT molecular complexity index is 990. The highest BCUT2D eigenvalue weighted by atomic mass is 79.9. The molecule has 1 aromatic carbocycles. The first-order valence-corrected chi connectivity index (χ1v) is 10.8. The molecule has 3 heterocycles. The molecule has 1 fully saturated rings. The molecule has 6 nitrogen and oxygen atoms in total. The van der Waals surface area contributed by atoms with Crippen molar-refractivity contribution in [3.8, 4) is 11.3 Å². The average molecular weight is 459 g/mol. The van der Waals surface area contributed by atoms with E-state index >= 15 is 0 Å². The topological polar surface area (TPSA) is 81.8 Å². The van der Waals surface area contributed by atoms with Crippen molar-refractivity contribution in [3.63, 3.8) is 0 Å². The minimum atomic E-state index is -0.0386.